The van der Waals surface area contributed by atoms with Gasteiger partial charge in [-0.3, -0.25) is 14.5 Å². The lowest BCUT2D eigenvalue weighted by molar-refractivity contribution is -0.127. The molecule has 0 spiro atoms. The van der Waals surface area contributed by atoms with Crippen molar-refractivity contribution >= 4 is 27.5 Å². The maximum Gasteiger partial charge on any atom is 0.238 e. The van der Waals surface area contributed by atoms with Crippen LogP contribution < -0.4 is 15.8 Å². The first-order chi connectivity index (χ1) is 13.7. The molecule has 1 aliphatic rings. The Morgan fingerprint density at radius 3 is 2.52 bits per heavy atom. The van der Waals surface area contributed by atoms with E-state index >= 15 is 0 Å². The maximum absolute atomic E-state index is 12.3. The number of anilines is 1. The third-order valence-corrected chi connectivity index (χ3v) is 6.23. The summed E-state index contributed by atoms with van der Waals surface area (Å²) in [6.07, 6.45) is 4.14. The molecule has 1 fully saturated rings. The van der Waals surface area contributed by atoms with Crippen LogP contribution in [0.3, 0.4) is 0 Å². The Hall–Kier alpha value is -1.97. The number of carbonyl (C=O) groups excluding carboxylic acids is 2. The Bertz CT molecular complexity index is 795. The Labute approximate surface area is 173 Å². The topological polar surface area (TPSA) is 122 Å². The highest BCUT2D eigenvalue weighted by Crippen LogP contribution is 2.22. The minimum absolute atomic E-state index is 0.000829. The summed E-state index contributed by atoms with van der Waals surface area (Å²) in [6.45, 7) is 6.16. The first-order valence-corrected chi connectivity index (χ1v) is 11.7. The lowest BCUT2D eigenvalue weighted by Crippen LogP contribution is -2.47. The van der Waals surface area contributed by atoms with Crippen molar-refractivity contribution in [1.82, 2.24) is 10.2 Å². The Morgan fingerprint density at radius 2 is 1.90 bits per heavy atom. The highest BCUT2D eigenvalue weighted by Gasteiger charge is 2.29. The van der Waals surface area contributed by atoms with Gasteiger partial charge in [-0.05, 0) is 50.5 Å². The minimum Gasteiger partial charge on any atom is -0.356 e. The van der Waals surface area contributed by atoms with E-state index in [1.54, 1.807) is 0 Å². The molecule has 0 bridgehead atoms. The molecule has 2 atom stereocenters. The number of hydrogen-bond donors (Lipinski definition) is 3. The van der Waals surface area contributed by atoms with Gasteiger partial charge in [-0.25, -0.2) is 13.6 Å². The molecule has 1 heterocycles. The average Bonchev–Trinajstić information content (AvgIpc) is 2.67. The van der Waals surface area contributed by atoms with Gasteiger partial charge in [0.05, 0.1) is 10.8 Å². The smallest absolute Gasteiger partial charge is 0.238 e. The van der Waals surface area contributed by atoms with Gasteiger partial charge in [0, 0.05) is 37.8 Å². The Balaban J connectivity index is 1.82. The zero-order valence-corrected chi connectivity index (χ0v) is 18.0. The van der Waals surface area contributed by atoms with Crippen LogP contribution >= 0.6 is 0 Å². The molecule has 1 aromatic rings. The number of piperidine rings is 1. The van der Waals surface area contributed by atoms with Gasteiger partial charge in [-0.2, -0.15) is 0 Å². The van der Waals surface area contributed by atoms with Crippen LogP contribution in [-0.4, -0.2) is 50.8 Å². The summed E-state index contributed by atoms with van der Waals surface area (Å²) in [5.41, 5.74) is 0.516. The number of rotatable bonds is 9. The number of hydrogen-bond acceptors (Lipinski definition) is 5. The van der Waals surface area contributed by atoms with Gasteiger partial charge >= 0.3 is 0 Å². The molecule has 162 valence electrons. The molecular weight excluding hydrogens is 392 g/mol. The predicted octanol–water partition coefficient (Wildman–Crippen LogP) is 1.68. The average molecular weight is 425 g/mol. The van der Waals surface area contributed by atoms with Crippen molar-refractivity contribution in [3.05, 3.63) is 24.3 Å². The van der Waals surface area contributed by atoms with Crippen LogP contribution in [0.5, 0.6) is 0 Å². The van der Waals surface area contributed by atoms with Crippen molar-refractivity contribution in [3.63, 3.8) is 0 Å². The normalized spacial score (nSPS) is 20.2. The number of benzene rings is 1. The number of unbranched alkanes of at least 4 members (excludes halogenated alkanes) is 1. The van der Waals surface area contributed by atoms with E-state index in [-0.39, 0.29) is 22.6 Å². The Morgan fingerprint density at radius 1 is 1.21 bits per heavy atom. The number of carbonyl (C=O) groups is 2. The van der Waals surface area contributed by atoms with Gasteiger partial charge in [0.15, 0.2) is 0 Å². The summed E-state index contributed by atoms with van der Waals surface area (Å²) < 4.78 is 22.6. The van der Waals surface area contributed by atoms with Crippen LogP contribution in [0.25, 0.3) is 0 Å². The molecule has 1 aliphatic heterocycles. The summed E-state index contributed by atoms with van der Waals surface area (Å²) in [4.78, 5) is 26.8. The van der Waals surface area contributed by atoms with Crippen LogP contribution in [0.1, 0.15) is 46.0 Å². The second-order valence-corrected chi connectivity index (χ2v) is 9.19. The monoisotopic (exact) mass is 424 g/mol. The molecule has 0 saturated carbocycles. The second-order valence-electron chi connectivity index (χ2n) is 7.63. The number of nitrogens with two attached hydrogens (primary N) is 1. The van der Waals surface area contributed by atoms with Gasteiger partial charge in [0.25, 0.3) is 0 Å². The van der Waals surface area contributed by atoms with Crippen LogP contribution in [0.2, 0.25) is 0 Å². The third-order valence-electron chi connectivity index (χ3n) is 5.30. The first-order valence-electron chi connectivity index (χ1n) is 10.1. The van der Waals surface area contributed by atoms with E-state index in [0.29, 0.717) is 37.8 Å². The van der Waals surface area contributed by atoms with E-state index in [1.165, 1.54) is 24.3 Å². The fourth-order valence-corrected chi connectivity index (χ4v) is 3.95. The van der Waals surface area contributed by atoms with E-state index in [1.807, 2.05) is 0 Å². The molecule has 2 amide bonds. The number of amides is 2. The number of sulfonamides is 1. The third kappa shape index (κ3) is 7.41. The lowest BCUT2D eigenvalue weighted by Gasteiger charge is -2.37. The molecule has 4 N–H and O–H groups in total. The molecule has 0 aromatic heterocycles. The highest BCUT2D eigenvalue weighted by molar-refractivity contribution is 7.89. The molecule has 1 aromatic carbocycles. The summed E-state index contributed by atoms with van der Waals surface area (Å²) >= 11 is 0. The molecule has 1 saturated heterocycles. The lowest BCUT2D eigenvalue weighted by atomic mass is 9.92. The molecule has 2 unspecified atom stereocenters. The minimum atomic E-state index is -3.75. The molecule has 0 aliphatic carbocycles. The van der Waals surface area contributed by atoms with Crippen molar-refractivity contribution < 1.29 is 18.0 Å². The molecule has 29 heavy (non-hydrogen) atoms. The van der Waals surface area contributed by atoms with Crippen LogP contribution in [0.4, 0.5) is 5.69 Å². The maximum atomic E-state index is 12.3. The molecule has 0 radical (unpaired) electrons. The zero-order chi connectivity index (χ0) is 21.4. The number of likely N-dealkylation sites (tertiary alicyclic amines) is 1. The van der Waals surface area contributed by atoms with Gasteiger partial charge in [0.2, 0.25) is 21.8 Å². The van der Waals surface area contributed by atoms with Crippen molar-refractivity contribution in [2.75, 3.05) is 25.0 Å². The molecule has 2 rings (SSSR count). The summed E-state index contributed by atoms with van der Waals surface area (Å²) in [5, 5.41) is 10.8. The van der Waals surface area contributed by atoms with Gasteiger partial charge in [0.1, 0.15) is 0 Å². The zero-order valence-electron chi connectivity index (χ0n) is 17.2. The van der Waals surface area contributed by atoms with Crippen molar-refractivity contribution in [2.24, 2.45) is 11.1 Å². The van der Waals surface area contributed by atoms with Crippen molar-refractivity contribution in [3.8, 4) is 0 Å². The fourth-order valence-electron chi connectivity index (χ4n) is 3.43. The highest BCUT2D eigenvalue weighted by atomic mass is 32.2. The van der Waals surface area contributed by atoms with E-state index < -0.39 is 10.0 Å². The van der Waals surface area contributed by atoms with Gasteiger partial charge in [-0.1, -0.05) is 13.3 Å². The molecule has 9 heteroatoms. The SMILES string of the molecule is CCCCNC(=O)C1CCC(C)N(CCC(=O)Nc2ccc(S(N)(=O)=O)cc2)C1. The van der Waals surface area contributed by atoms with Crippen LogP contribution in [0, 0.1) is 5.92 Å². The van der Waals surface area contributed by atoms with Crippen LogP contribution in [-0.2, 0) is 19.6 Å². The quantitative estimate of drug-likeness (QED) is 0.521. The second kappa shape index (κ2) is 10.7. The van der Waals surface area contributed by atoms with E-state index in [0.717, 1.165) is 25.7 Å². The summed E-state index contributed by atoms with van der Waals surface area (Å²) in [7, 11) is -3.75. The van der Waals surface area contributed by atoms with Gasteiger partial charge in [-0.15, -0.1) is 0 Å². The largest absolute Gasteiger partial charge is 0.356 e. The van der Waals surface area contributed by atoms with Crippen LogP contribution in [0.15, 0.2) is 29.2 Å². The van der Waals surface area contributed by atoms with E-state index in [4.69, 9.17) is 5.14 Å². The Kier molecular flexibility index (Phi) is 8.60. The first kappa shape index (κ1) is 23.3. The predicted molar refractivity (Wildman–Crippen MR) is 113 cm³/mol. The molecule has 8 nitrogen and oxygen atoms in total. The number of primary sulfonamides is 1. The van der Waals surface area contributed by atoms with E-state index in [2.05, 4.69) is 29.4 Å². The van der Waals surface area contributed by atoms with Crippen molar-refractivity contribution in [2.45, 2.75) is 56.9 Å². The standard InChI is InChI=1S/C20H32N4O4S/c1-3-4-12-22-20(26)16-6-5-15(2)24(14-16)13-11-19(25)23-17-7-9-18(10-8-17)29(21,27)28/h7-10,15-16H,3-6,11-14H2,1-2H3,(H,22,26)(H,23,25)(H2,21,27,28). The number of nitrogens with zero attached hydrogens (tertiary/aromatic N) is 1. The van der Waals surface area contributed by atoms with Crippen molar-refractivity contribution in [1.29, 1.82) is 0 Å². The molecular formula is C20H32N4O4S. The van der Waals surface area contributed by atoms with E-state index in [9.17, 15) is 18.0 Å². The number of nitrogens with one attached hydrogen (secondary N) is 2. The fraction of sp³-hybridized carbons (Fsp3) is 0.600. The summed E-state index contributed by atoms with van der Waals surface area (Å²) in [6, 6.07) is 6.07. The van der Waals surface area contributed by atoms with Gasteiger partial charge < -0.3 is 10.6 Å². The summed E-state index contributed by atoms with van der Waals surface area (Å²) in [5.74, 6) is -0.0818.